The number of hydrogen-bond donors (Lipinski definition) is 0. The largest absolute Gasteiger partial charge is 0.402 e. The van der Waals surface area contributed by atoms with E-state index in [1.807, 2.05) is 44.4 Å². The van der Waals surface area contributed by atoms with Gasteiger partial charge in [-0.3, -0.25) is 0 Å². The number of ether oxygens (including phenoxy) is 1. The molecule has 1 aromatic heterocycles. The Hall–Kier alpha value is -2.31. The first-order chi connectivity index (χ1) is 11.5. The van der Waals surface area contributed by atoms with Crippen molar-refractivity contribution in [2.24, 2.45) is 4.99 Å². The van der Waals surface area contributed by atoms with E-state index in [-0.39, 0.29) is 11.6 Å². The van der Waals surface area contributed by atoms with Crippen LogP contribution < -0.4 is 0 Å². The molecular weight excluding hydrogens is 346 g/mol. The summed E-state index contributed by atoms with van der Waals surface area (Å²) in [5, 5.41) is 1.38. The highest BCUT2D eigenvalue weighted by Crippen LogP contribution is 2.31. The summed E-state index contributed by atoms with van der Waals surface area (Å²) in [5.41, 5.74) is 0.939. The van der Waals surface area contributed by atoms with Crippen LogP contribution in [0, 0.1) is 0 Å². The molecule has 24 heavy (non-hydrogen) atoms. The molecule has 0 N–H and O–H groups in total. The summed E-state index contributed by atoms with van der Waals surface area (Å²) in [4.78, 5) is 23.3. The van der Waals surface area contributed by atoms with E-state index in [1.165, 1.54) is 11.8 Å². The van der Waals surface area contributed by atoms with Crippen molar-refractivity contribution in [2.75, 3.05) is 14.1 Å². The smallest absolute Gasteiger partial charge is 0.365 e. The Morgan fingerprint density at radius 2 is 1.96 bits per heavy atom. The first kappa shape index (κ1) is 16.5. The molecule has 1 aliphatic heterocycles. The third kappa shape index (κ3) is 3.77. The molecule has 0 aliphatic carbocycles. The van der Waals surface area contributed by atoms with Gasteiger partial charge in [-0.15, -0.1) is 0 Å². The zero-order valence-electron chi connectivity index (χ0n) is 13.1. The van der Waals surface area contributed by atoms with Gasteiger partial charge >= 0.3 is 5.97 Å². The molecule has 1 aliphatic rings. The highest BCUT2D eigenvalue weighted by atomic mass is 35.5. The summed E-state index contributed by atoms with van der Waals surface area (Å²) in [6.45, 7) is 0. The van der Waals surface area contributed by atoms with Crippen LogP contribution >= 0.6 is 23.4 Å². The predicted octanol–water partition coefficient (Wildman–Crippen LogP) is 3.59. The van der Waals surface area contributed by atoms with Crippen molar-refractivity contribution in [1.82, 2.24) is 9.88 Å². The van der Waals surface area contributed by atoms with E-state index in [0.717, 1.165) is 4.90 Å². The van der Waals surface area contributed by atoms with Crippen LogP contribution in [0.1, 0.15) is 5.56 Å². The molecule has 3 rings (SSSR count). The van der Waals surface area contributed by atoms with Gasteiger partial charge in [0.15, 0.2) is 5.70 Å². The molecule has 122 valence electrons. The summed E-state index contributed by atoms with van der Waals surface area (Å²) in [6.07, 6.45) is 3.31. The van der Waals surface area contributed by atoms with Crippen molar-refractivity contribution in [3.63, 3.8) is 0 Å². The quantitative estimate of drug-likeness (QED) is 0.616. The predicted molar refractivity (Wildman–Crippen MR) is 94.2 cm³/mol. The molecule has 2 heterocycles. The van der Waals surface area contributed by atoms with Gasteiger partial charge in [0.1, 0.15) is 5.03 Å². The SMILES string of the molecule is CN(C)C=C1N=C(c2cccnc2Sc2ccc(Cl)cc2)OC1=O. The molecule has 0 bridgehead atoms. The molecule has 0 radical (unpaired) electrons. The number of hydrogen-bond acceptors (Lipinski definition) is 6. The van der Waals surface area contributed by atoms with Crippen LogP contribution in [0.5, 0.6) is 0 Å². The van der Waals surface area contributed by atoms with Gasteiger partial charge in [0, 0.05) is 36.4 Å². The Bertz CT molecular complexity index is 832. The van der Waals surface area contributed by atoms with E-state index in [2.05, 4.69) is 9.98 Å². The maximum atomic E-state index is 11.9. The van der Waals surface area contributed by atoms with E-state index in [9.17, 15) is 4.79 Å². The number of esters is 1. The van der Waals surface area contributed by atoms with Crippen LogP contribution in [-0.2, 0) is 9.53 Å². The fourth-order valence-electron chi connectivity index (χ4n) is 2.01. The normalized spacial score (nSPS) is 15.4. The summed E-state index contributed by atoms with van der Waals surface area (Å²) in [7, 11) is 3.64. The van der Waals surface area contributed by atoms with Crippen molar-refractivity contribution in [3.05, 3.63) is 65.1 Å². The number of nitrogens with zero attached hydrogens (tertiary/aromatic N) is 3. The van der Waals surface area contributed by atoms with Gasteiger partial charge in [0.05, 0.1) is 5.56 Å². The van der Waals surface area contributed by atoms with Gasteiger partial charge in [0.2, 0.25) is 5.90 Å². The van der Waals surface area contributed by atoms with Crippen LogP contribution in [0.15, 0.2) is 69.4 Å². The molecular formula is C17H14ClN3O2S. The van der Waals surface area contributed by atoms with Gasteiger partial charge in [-0.05, 0) is 36.4 Å². The minimum atomic E-state index is -0.468. The summed E-state index contributed by atoms with van der Waals surface area (Å²) in [5.74, 6) is -0.206. The zero-order valence-corrected chi connectivity index (χ0v) is 14.6. The first-order valence-electron chi connectivity index (χ1n) is 7.11. The Kier molecular flexibility index (Phi) is 4.87. The molecule has 0 fully saturated rings. The Balaban J connectivity index is 1.92. The number of carbonyl (C=O) groups is 1. The van der Waals surface area contributed by atoms with Gasteiger partial charge in [-0.25, -0.2) is 14.8 Å². The summed E-state index contributed by atoms with van der Waals surface area (Å²) >= 11 is 7.37. The van der Waals surface area contributed by atoms with Crippen molar-refractivity contribution < 1.29 is 9.53 Å². The maximum absolute atomic E-state index is 11.9. The lowest BCUT2D eigenvalue weighted by Crippen LogP contribution is -2.08. The third-order valence-electron chi connectivity index (χ3n) is 3.03. The number of cyclic esters (lactones) is 1. The lowest BCUT2D eigenvalue weighted by atomic mass is 10.3. The highest BCUT2D eigenvalue weighted by molar-refractivity contribution is 7.99. The number of benzene rings is 1. The number of aromatic nitrogens is 1. The average molecular weight is 360 g/mol. The fourth-order valence-corrected chi connectivity index (χ4v) is 3.01. The Morgan fingerprint density at radius 3 is 2.67 bits per heavy atom. The zero-order chi connectivity index (χ0) is 17.1. The van der Waals surface area contributed by atoms with Crippen LogP contribution in [-0.4, -0.2) is 35.8 Å². The first-order valence-corrected chi connectivity index (χ1v) is 8.30. The molecule has 0 saturated carbocycles. The Morgan fingerprint density at radius 1 is 1.21 bits per heavy atom. The lowest BCUT2D eigenvalue weighted by molar-refractivity contribution is -0.130. The summed E-state index contributed by atoms with van der Waals surface area (Å²) < 4.78 is 5.30. The number of carbonyl (C=O) groups excluding carboxylic acids is 1. The van der Waals surface area contributed by atoms with Crippen LogP contribution in [0.3, 0.4) is 0 Å². The molecule has 5 nitrogen and oxygen atoms in total. The number of pyridine rings is 1. The van der Waals surface area contributed by atoms with Crippen molar-refractivity contribution in [2.45, 2.75) is 9.92 Å². The van der Waals surface area contributed by atoms with Gasteiger partial charge in [-0.1, -0.05) is 23.4 Å². The molecule has 7 heteroatoms. The van der Waals surface area contributed by atoms with E-state index in [0.29, 0.717) is 15.6 Å². The van der Waals surface area contributed by atoms with Crippen LogP contribution in [0.25, 0.3) is 0 Å². The standard InChI is InChI=1S/C17H14ClN3O2S/c1-21(2)10-14-17(22)23-15(20-14)13-4-3-9-19-16(13)24-12-7-5-11(18)6-8-12/h3-10H,1-2H3. The number of halogens is 1. The molecule has 1 aromatic carbocycles. The van der Waals surface area contributed by atoms with Crippen molar-refractivity contribution in [3.8, 4) is 0 Å². The van der Waals surface area contributed by atoms with Gasteiger partial charge in [-0.2, -0.15) is 0 Å². The second-order valence-corrected chi connectivity index (χ2v) is 6.70. The number of aliphatic imine (C=N–C) groups is 1. The minimum absolute atomic E-state index is 0.262. The summed E-state index contributed by atoms with van der Waals surface area (Å²) in [6, 6.07) is 11.1. The lowest BCUT2D eigenvalue weighted by Gasteiger charge is -2.06. The molecule has 0 spiro atoms. The Labute approximate surface area is 149 Å². The number of rotatable bonds is 4. The van der Waals surface area contributed by atoms with Crippen molar-refractivity contribution in [1.29, 1.82) is 0 Å². The van der Waals surface area contributed by atoms with Crippen molar-refractivity contribution >= 4 is 35.2 Å². The van der Waals surface area contributed by atoms with E-state index in [4.69, 9.17) is 16.3 Å². The molecule has 2 aromatic rings. The van der Waals surface area contributed by atoms with E-state index >= 15 is 0 Å². The van der Waals surface area contributed by atoms with E-state index in [1.54, 1.807) is 23.4 Å². The van der Waals surface area contributed by atoms with Gasteiger partial charge in [0.25, 0.3) is 0 Å². The van der Waals surface area contributed by atoms with Crippen LogP contribution in [0.2, 0.25) is 5.02 Å². The monoisotopic (exact) mass is 359 g/mol. The fraction of sp³-hybridized carbons (Fsp3) is 0.118. The second kappa shape index (κ2) is 7.07. The average Bonchev–Trinajstić information content (AvgIpc) is 2.90. The molecule has 0 saturated heterocycles. The third-order valence-corrected chi connectivity index (χ3v) is 4.31. The van der Waals surface area contributed by atoms with Gasteiger partial charge < -0.3 is 9.64 Å². The molecule has 0 unspecified atom stereocenters. The minimum Gasteiger partial charge on any atom is -0.402 e. The second-order valence-electron chi connectivity index (χ2n) is 5.20. The van der Waals surface area contributed by atoms with Crippen LogP contribution in [0.4, 0.5) is 0 Å². The maximum Gasteiger partial charge on any atom is 0.365 e. The topological polar surface area (TPSA) is 54.8 Å². The molecule has 0 atom stereocenters. The molecule has 0 amide bonds. The highest BCUT2D eigenvalue weighted by Gasteiger charge is 2.26. The van der Waals surface area contributed by atoms with E-state index < -0.39 is 5.97 Å².